The van der Waals surface area contributed by atoms with Crippen LogP contribution in [0.1, 0.15) is 16.8 Å². The van der Waals surface area contributed by atoms with Crippen molar-refractivity contribution >= 4 is 17.5 Å². The van der Waals surface area contributed by atoms with Crippen LogP contribution in [0.15, 0.2) is 54.9 Å². The van der Waals surface area contributed by atoms with E-state index in [2.05, 4.69) is 30.1 Å². The molecule has 2 aliphatic rings. The Bertz CT molecular complexity index is 1010. The molecule has 31 heavy (non-hydrogen) atoms. The summed E-state index contributed by atoms with van der Waals surface area (Å²) in [7, 11) is 0. The van der Waals surface area contributed by atoms with Gasteiger partial charge in [-0.1, -0.05) is 0 Å². The van der Waals surface area contributed by atoms with Crippen molar-refractivity contribution in [2.75, 3.05) is 49.2 Å². The highest BCUT2D eigenvalue weighted by molar-refractivity contribution is 5.94. The Labute approximate surface area is 181 Å². The van der Waals surface area contributed by atoms with Crippen molar-refractivity contribution in [1.82, 2.24) is 20.3 Å². The highest BCUT2D eigenvalue weighted by Gasteiger charge is 2.26. The van der Waals surface area contributed by atoms with Gasteiger partial charge in [-0.25, -0.2) is 9.97 Å². The maximum Gasteiger partial charge on any atom is 0.251 e. The van der Waals surface area contributed by atoms with Crippen LogP contribution >= 0.6 is 0 Å². The van der Waals surface area contributed by atoms with Crippen molar-refractivity contribution in [2.24, 2.45) is 0 Å². The van der Waals surface area contributed by atoms with E-state index in [1.54, 1.807) is 6.20 Å². The number of aromatic amines is 1. The molecule has 4 heterocycles. The van der Waals surface area contributed by atoms with E-state index in [4.69, 9.17) is 4.74 Å². The Morgan fingerprint density at radius 3 is 2.68 bits per heavy atom. The van der Waals surface area contributed by atoms with Crippen molar-refractivity contribution in [3.63, 3.8) is 0 Å². The van der Waals surface area contributed by atoms with Crippen LogP contribution in [-0.2, 0) is 4.74 Å². The molecule has 0 radical (unpaired) electrons. The second kappa shape index (κ2) is 8.77. The third kappa shape index (κ3) is 4.39. The average Bonchev–Trinajstić information content (AvgIpc) is 3.53. The van der Waals surface area contributed by atoms with E-state index in [-0.39, 0.29) is 11.9 Å². The normalized spacial score (nSPS) is 18.9. The molecule has 2 aromatic heterocycles. The summed E-state index contributed by atoms with van der Waals surface area (Å²) in [6.07, 6.45) is 4.53. The Kier molecular flexibility index (Phi) is 5.54. The lowest BCUT2D eigenvalue weighted by molar-refractivity contribution is 0.0940. The SMILES string of the molecule is O=C(NC1CCN(c2nccc(-c3ccc[nH]3)n2)C1)c1ccc(N2CCOCC2)cc1. The van der Waals surface area contributed by atoms with Crippen molar-refractivity contribution < 1.29 is 9.53 Å². The Morgan fingerprint density at radius 1 is 1.06 bits per heavy atom. The summed E-state index contributed by atoms with van der Waals surface area (Å²) in [6, 6.07) is 13.7. The minimum atomic E-state index is -0.0403. The number of morpholine rings is 1. The molecule has 1 unspecified atom stereocenters. The van der Waals surface area contributed by atoms with Gasteiger partial charge in [0, 0.05) is 55.9 Å². The molecule has 0 aliphatic carbocycles. The molecule has 5 rings (SSSR count). The fourth-order valence-electron chi connectivity index (χ4n) is 4.11. The topological polar surface area (TPSA) is 86.4 Å². The van der Waals surface area contributed by atoms with Crippen LogP contribution in [0.4, 0.5) is 11.6 Å². The van der Waals surface area contributed by atoms with E-state index in [1.165, 1.54) is 0 Å². The van der Waals surface area contributed by atoms with Gasteiger partial charge in [-0.15, -0.1) is 0 Å². The average molecular weight is 419 g/mol. The molecule has 2 saturated heterocycles. The monoisotopic (exact) mass is 418 g/mol. The van der Waals surface area contributed by atoms with Gasteiger partial charge in [-0.05, 0) is 48.9 Å². The first-order valence-corrected chi connectivity index (χ1v) is 10.7. The molecule has 0 bridgehead atoms. The number of carbonyl (C=O) groups is 1. The van der Waals surface area contributed by atoms with Crippen LogP contribution in [0, 0.1) is 0 Å². The number of aromatic nitrogens is 3. The molecule has 1 aromatic carbocycles. The summed E-state index contributed by atoms with van der Waals surface area (Å²) < 4.78 is 5.40. The molecule has 3 aromatic rings. The van der Waals surface area contributed by atoms with Gasteiger partial charge >= 0.3 is 0 Å². The molecule has 8 nitrogen and oxygen atoms in total. The summed E-state index contributed by atoms with van der Waals surface area (Å²) in [6.45, 7) is 4.78. The van der Waals surface area contributed by atoms with Gasteiger partial charge in [0.25, 0.3) is 5.91 Å². The summed E-state index contributed by atoms with van der Waals surface area (Å²) in [4.78, 5) is 29.4. The lowest BCUT2D eigenvalue weighted by Crippen LogP contribution is -2.37. The number of rotatable bonds is 5. The zero-order valence-electron chi connectivity index (χ0n) is 17.3. The van der Waals surface area contributed by atoms with Gasteiger partial charge in [0.2, 0.25) is 5.95 Å². The highest BCUT2D eigenvalue weighted by atomic mass is 16.5. The number of hydrogen-bond donors (Lipinski definition) is 2. The van der Waals surface area contributed by atoms with Crippen molar-refractivity contribution in [1.29, 1.82) is 0 Å². The van der Waals surface area contributed by atoms with E-state index >= 15 is 0 Å². The molecule has 0 saturated carbocycles. The Morgan fingerprint density at radius 2 is 1.90 bits per heavy atom. The predicted molar refractivity (Wildman–Crippen MR) is 119 cm³/mol. The standard InChI is InChI=1S/C23H26N6O2/c30-22(17-3-5-19(6-4-17)28-12-14-31-15-13-28)26-18-8-11-29(16-18)23-25-10-7-21(27-23)20-2-1-9-24-20/h1-7,9-10,18,24H,8,11-16H2,(H,26,30). The van der Waals surface area contributed by atoms with Gasteiger partial charge in [0.05, 0.1) is 24.6 Å². The van der Waals surface area contributed by atoms with Crippen LogP contribution in [0.3, 0.4) is 0 Å². The number of anilines is 2. The second-order valence-corrected chi connectivity index (χ2v) is 7.88. The first-order chi connectivity index (χ1) is 15.3. The lowest BCUT2D eigenvalue weighted by Gasteiger charge is -2.28. The molecule has 2 N–H and O–H groups in total. The zero-order valence-corrected chi connectivity index (χ0v) is 17.3. The summed E-state index contributed by atoms with van der Waals surface area (Å²) in [5.41, 5.74) is 3.64. The van der Waals surface area contributed by atoms with Crippen LogP contribution in [-0.4, -0.2) is 66.3 Å². The first-order valence-electron chi connectivity index (χ1n) is 10.7. The molecule has 2 fully saturated rings. The van der Waals surface area contributed by atoms with E-state index in [0.717, 1.165) is 56.3 Å². The van der Waals surface area contributed by atoms with Crippen LogP contribution in [0.2, 0.25) is 0 Å². The van der Waals surface area contributed by atoms with Crippen molar-refractivity contribution in [3.8, 4) is 11.4 Å². The number of nitrogens with one attached hydrogen (secondary N) is 2. The van der Waals surface area contributed by atoms with Crippen molar-refractivity contribution in [3.05, 3.63) is 60.4 Å². The van der Waals surface area contributed by atoms with Crippen LogP contribution in [0.25, 0.3) is 11.4 Å². The maximum atomic E-state index is 12.7. The summed E-state index contributed by atoms with van der Waals surface area (Å²) in [5, 5.41) is 3.16. The molecule has 8 heteroatoms. The number of hydrogen-bond acceptors (Lipinski definition) is 6. The fraction of sp³-hybridized carbons (Fsp3) is 0.348. The van der Waals surface area contributed by atoms with Crippen LogP contribution < -0.4 is 15.1 Å². The Hall–Kier alpha value is -3.39. The molecular formula is C23H26N6O2. The molecule has 0 spiro atoms. The smallest absolute Gasteiger partial charge is 0.251 e. The van der Waals surface area contributed by atoms with Crippen molar-refractivity contribution in [2.45, 2.75) is 12.5 Å². The number of H-pyrrole nitrogens is 1. The number of ether oxygens (including phenoxy) is 1. The first kappa shape index (κ1) is 19.6. The summed E-state index contributed by atoms with van der Waals surface area (Å²) >= 11 is 0. The Balaban J connectivity index is 1.19. The number of amides is 1. The molecule has 1 atom stereocenters. The third-order valence-corrected chi connectivity index (χ3v) is 5.83. The van der Waals surface area contributed by atoms with Gasteiger partial charge in [0.15, 0.2) is 0 Å². The van der Waals surface area contributed by atoms with E-state index < -0.39 is 0 Å². The van der Waals surface area contributed by atoms with E-state index in [9.17, 15) is 4.79 Å². The summed E-state index contributed by atoms with van der Waals surface area (Å²) in [5.74, 6) is 0.653. The van der Waals surface area contributed by atoms with E-state index in [1.807, 2.05) is 48.7 Å². The fourth-order valence-corrected chi connectivity index (χ4v) is 4.11. The minimum absolute atomic E-state index is 0.0403. The van der Waals surface area contributed by atoms with Gasteiger partial charge in [-0.3, -0.25) is 4.79 Å². The lowest BCUT2D eigenvalue weighted by atomic mass is 10.1. The number of carbonyl (C=O) groups excluding carboxylic acids is 1. The molecule has 1 amide bonds. The third-order valence-electron chi connectivity index (χ3n) is 5.83. The second-order valence-electron chi connectivity index (χ2n) is 7.88. The largest absolute Gasteiger partial charge is 0.378 e. The quantitative estimate of drug-likeness (QED) is 0.661. The molecule has 160 valence electrons. The maximum absolute atomic E-state index is 12.7. The molecular weight excluding hydrogens is 392 g/mol. The number of nitrogens with zero attached hydrogens (tertiary/aromatic N) is 4. The highest BCUT2D eigenvalue weighted by Crippen LogP contribution is 2.21. The number of benzene rings is 1. The molecule has 2 aliphatic heterocycles. The predicted octanol–water partition coefficient (Wildman–Crippen LogP) is 2.32. The van der Waals surface area contributed by atoms with Gasteiger partial charge in [0.1, 0.15) is 0 Å². The van der Waals surface area contributed by atoms with Crippen LogP contribution in [0.5, 0.6) is 0 Å². The van der Waals surface area contributed by atoms with E-state index in [0.29, 0.717) is 18.1 Å². The minimum Gasteiger partial charge on any atom is -0.378 e. The van der Waals surface area contributed by atoms with Gasteiger partial charge in [-0.2, -0.15) is 0 Å². The zero-order chi connectivity index (χ0) is 21.0. The van der Waals surface area contributed by atoms with Gasteiger partial charge < -0.3 is 24.8 Å².